The predicted octanol–water partition coefficient (Wildman–Crippen LogP) is 3.94. The van der Waals surface area contributed by atoms with E-state index in [-0.39, 0.29) is 24.1 Å². The number of nitrogens with one attached hydrogen (secondary N) is 2. The number of halogens is 2. The maximum Gasteiger partial charge on any atom is 0.251 e. The van der Waals surface area contributed by atoms with E-state index in [4.69, 9.17) is 0 Å². The van der Waals surface area contributed by atoms with Gasteiger partial charge in [-0.1, -0.05) is 30.3 Å². The van der Waals surface area contributed by atoms with Crippen molar-refractivity contribution in [3.63, 3.8) is 0 Å². The first kappa shape index (κ1) is 18.5. The molecule has 0 bridgehead atoms. The summed E-state index contributed by atoms with van der Waals surface area (Å²) in [5, 5.41) is 5.84. The van der Waals surface area contributed by atoms with Crippen molar-refractivity contribution in [3.8, 4) is 0 Å². The van der Waals surface area contributed by atoms with E-state index in [1.54, 1.807) is 42.5 Å². The van der Waals surface area contributed by atoms with E-state index in [9.17, 15) is 13.6 Å². The van der Waals surface area contributed by atoms with Gasteiger partial charge >= 0.3 is 0 Å². The molecule has 3 aromatic rings. The van der Waals surface area contributed by atoms with E-state index in [1.165, 1.54) is 24.4 Å². The molecule has 0 radical (unpaired) electrons. The summed E-state index contributed by atoms with van der Waals surface area (Å²) in [7, 11) is 0. The molecule has 1 aromatic heterocycles. The van der Waals surface area contributed by atoms with Crippen LogP contribution in [0.5, 0.6) is 0 Å². The molecule has 6 heteroatoms. The van der Waals surface area contributed by atoms with Crippen molar-refractivity contribution < 1.29 is 13.6 Å². The largest absolute Gasteiger partial charge is 0.370 e. The second-order valence-corrected chi connectivity index (χ2v) is 6.01. The van der Waals surface area contributed by atoms with Crippen LogP contribution in [-0.4, -0.2) is 17.4 Å². The Morgan fingerprint density at radius 2 is 1.78 bits per heavy atom. The molecule has 1 amide bonds. The lowest BCUT2D eigenvalue weighted by Gasteiger charge is -2.09. The summed E-state index contributed by atoms with van der Waals surface area (Å²) < 4.78 is 26.5. The molecule has 0 spiro atoms. The molecular formula is C21H19F2N3O. The zero-order valence-corrected chi connectivity index (χ0v) is 14.6. The number of rotatable bonds is 7. The fourth-order valence-electron chi connectivity index (χ4n) is 2.57. The van der Waals surface area contributed by atoms with Crippen LogP contribution in [0.3, 0.4) is 0 Å². The van der Waals surface area contributed by atoms with Gasteiger partial charge in [-0.2, -0.15) is 0 Å². The Morgan fingerprint density at radius 1 is 1.00 bits per heavy atom. The Hall–Kier alpha value is -3.28. The van der Waals surface area contributed by atoms with Gasteiger partial charge in [-0.05, 0) is 42.3 Å². The number of pyridine rings is 1. The maximum absolute atomic E-state index is 13.6. The second-order valence-electron chi connectivity index (χ2n) is 6.01. The van der Waals surface area contributed by atoms with Gasteiger partial charge in [0.1, 0.15) is 17.5 Å². The first-order valence-corrected chi connectivity index (χ1v) is 8.58. The number of benzene rings is 2. The Labute approximate surface area is 156 Å². The standard InChI is InChI=1S/C21H19F2N3O/c22-18-7-5-15(6-8-18)9-11-24-20-13-16(10-12-25-20)21(27)26-14-17-3-1-2-4-19(17)23/h1-8,10,12-13H,9,11,14H2,(H,24,25)(H,26,27). The number of carbonyl (C=O) groups is 1. The summed E-state index contributed by atoms with van der Waals surface area (Å²) in [6.45, 7) is 0.708. The summed E-state index contributed by atoms with van der Waals surface area (Å²) in [6.07, 6.45) is 2.24. The fourth-order valence-corrected chi connectivity index (χ4v) is 2.57. The van der Waals surface area contributed by atoms with Gasteiger partial charge in [0.2, 0.25) is 0 Å². The third kappa shape index (κ3) is 5.34. The zero-order valence-electron chi connectivity index (χ0n) is 14.6. The number of anilines is 1. The van der Waals surface area contributed by atoms with E-state index < -0.39 is 0 Å². The van der Waals surface area contributed by atoms with Gasteiger partial charge < -0.3 is 10.6 Å². The molecule has 0 aliphatic heterocycles. The number of aromatic nitrogens is 1. The molecule has 0 unspecified atom stereocenters. The number of nitrogens with zero attached hydrogens (tertiary/aromatic N) is 1. The average Bonchev–Trinajstić information content (AvgIpc) is 2.69. The van der Waals surface area contributed by atoms with Crippen LogP contribution >= 0.6 is 0 Å². The van der Waals surface area contributed by atoms with E-state index in [2.05, 4.69) is 15.6 Å². The topological polar surface area (TPSA) is 54.0 Å². The van der Waals surface area contributed by atoms with Gasteiger partial charge in [0.05, 0.1) is 0 Å². The average molecular weight is 367 g/mol. The van der Waals surface area contributed by atoms with Crippen molar-refractivity contribution in [2.45, 2.75) is 13.0 Å². The summed E-state index contributed by atoms with van der Waals surface area (Å²) in [5.74, 6) is -0.351. The monoisotopic (exact) mass is 367 g/mol. The van der Waals surface area contributed by atoms with Crippen LogP contribution in [0.15, 0.2) is 66.9 Å². The summed E-state index contributed by atoms with van der Waals surface area (Å²) in [4.78, 5) is 16.5. The molecule has 2 aromatic carbocycles. The number of amides is 1. The summed E-state index contributed by atoms with van der Waals surface area (Å²) in [5.41, 5.74) is 1.87. The maximum atomic E-state index is 13.6. The fraction of sp³-hybridized carbons (Fsp3) is 0.143. The quantitative estimate of drug-likeness (QED) is 0.665. The third-order valence-corrected chi connectivity index (χ3v) is 4.05. The molecule has 27 heavy (non-hydrogen) atoms. The second kappa shape index (κ2) is 8.89. The molecule has 138 valence electrons. The summed E-state index contributed by atoms with van der Waals surface area (Å²) in [6, 6.07) is 15.9. The minimum atomic E-state index is -0.351. The Morgan fingerprint density at radius 3 is 2.56 bits per heavy atom. The van der Waals surface area contributed by atoms with Crippen molar-refractivity contribution >= 4 is 11.7 Å². The minimum Gasteiger partial charge on any atom is -0.370 e. The lowest BCUT2D eigenvalue weighted by Crippen LogP contribution is -2.23. The van der Waals surface area contributed by atoms with Gasteiger partial charge in [0.25, 0.3) is 5.91 Å². The lowest BCUT2D eigenvalue weighted by atomic mass is 10.1. The molecule has 0 saturated heterocycles. The lowest BCUT2D eigenvalue weighted by molar-refractivity contribution is 0.0950. The Balaban J connectivity index is 1.53. The molecule has 4 nitrogen and oxygen atoms in total. The first-order valence-electron chi connectivity index (χ1n) is 8.58. The minimum absolute atomic E-state index is 0.112. The molecule has 2 N–H and O–H groups in total. The van der Waals surface area contributed by atoms with E-state index in [0.29, 0.717) is 29.9 Å². The van der Waals surface area contributed by atoms with E-state index in [0.717, 1.165) is 5.56 Å². The van der Waals surface area contributed by atoms with E-state index >= 15 is 0 Å². The highest BCUT2D eigenvalue weighted by Crippen LogP contribution is 2.10. The van der Waals surface area contributed by atoms with Crippen molar-refractivity contribution in [2.75, 3.05) is 11.9 Å². The molecule has 1 heterocycles. The van der Waals surface area contributed by atoms with Gasteiger partial charge in [0.15, 0.2) is 0 Å². The number of hydrogen-bond acceptors (Lipinski definition) is 3. The molecule has 0 aliphatic carbocycles. The van der Waals surface area contributed by atoms with Crippen LogP contribution in [0.4, 0.5) is 14.6 Å². The van der Waals surface area contributed by atoms with Crippen molar-refractivity contribution in [1.29, 1.82) is 0 Å². The van der Waals surface area contributed by atoms with E-state index in [1.807, 2.05) is 0 Å². The van der Waals surface area contributed by atoms with Crippen LogP contribution < -0.4 is 10.6 Å². The van der Waals surface area contributed by atoms with Crippen LogP contribution in [-0.2, 0) is 13.0 Å². The Bertz CT molecular complexity index is 913. The van der Waals surface area contributed by atoms with Crippen LogP contribution in [0.2, 0.25) is 0 Å². The van der Waals surface area contributed by atoms with Crippen LogP contribution in [0.1, 0.15) is 21.5 Å². The van der Waals surface area contributed by atoms with Crippen molar-refractivity contribution in [3.05, 3.63) is 95.2 Å². The predicted molar refractivity (Wildman–Crippen MR) is 100 cm³/mol. The van der Waals surface area contributed by atoms with Crippen molar-refractivity contribution in [1.82, 2.24) is 10.3 Å². The van der Waals surface area contributed by atoms with Gasteiger partial charge in [0, 0.05) is 30.4 Å². The number of hydrogen-bond donors (Lipinski definition) is 2. The summed E-state index contributed by atoms with van der Waals surface area (Å²) >= 11 is 0. The van der Waals surface area contributed by atoms with Crippen molar-refractivity contribution in [2.24, 2.45) is 0 Å². The Kier molecular flexibility index (Phi) is 6.10. The first-order chi connectivity index (χ1) is 13.1. The zero-order chi connectivity index (χ0) is 19.1. The molecule has 0 saturated carbocycles. The van der Waals surface area contributed by atoms with Crippen LogP contribution in [0.25, 0.3) is 0 Å². The highest BCUT2D eigenvalue weighted by atomic mass is 19.1. The highest BCUT2D eigenvalue weighted by molar-refractivity contribution is 5.94. The number of carbonyl (C=O) groups excluding carboxylic acids is 1. The van der Waals surface area contributed by atoms with Gasteiger partial charge in [-0.15, -0.1) is 0 Å². The third-order valence-electron chi connectivity index (χ3n) is 4.05. The van der Waals surface area contributed by atoms with Gasteiger partial charge in [-0.3, -0.25) is 4.79 Å². The molecule has 0 atom stereocenters. The molecule has 0 aliphatic rings. The smallest absolute Gasteiger partial charge is 0.251 e. The normalized spacial score (nSPS) is 10.4. The van der Waals surface area contributed by atoms with Gasteiger partial charge in [-0.25, -0.2) is 13.8 Å². The highest BCUT2D eigenvalue weighted by Gasteiger charge is 2.08. The SMILES string of the molecule is O=C(NCc1ccccc1F)c1ccnc(NCCc2ccc(F)cc2)c1. The molecular weight excluding hydrogens is 348 g/mol. The molecule has 0 fully saturated rings. The van der Waals surface area contributed by atoms with Crippen LogP contribution in [0, 0.1) is 11.6 Å². The molecule has 3 rings (SSSR count).